The fraction of sp³-hybridized carbons (Fsp3) is 0.364. The molecule has 1 rings (SSSR count). The molecule has 0 saturated carbocycles. The molecule has 0 radical (unpaired) electrons. The molecular formula is C11H12BrClN2O5. The number of carbonyl (C=O) groups excluding carboxylic acids is 1. The molecule has 7 nitrogen and oxygen atoms in total. The second-order valence-corrected chi connectivity index (χ2v) is 5.02. The van der Waals surface area contributed by atoms with Gasteiger partial charge in [0.05, 0.1) is 16.0 Å². The molecule has 1 unspecified atom stereocenters. The molecular weight excluding hydrogens is 355 g/mol. The average Bonchev–Trinajstić information content (AvgIpc) is 2.39. The van der Waals surface area contributed by atoms with Gasteiger partial charge in [-0.15, -0.1) is 0 Å². The lowest BCUT2D eigenvalue weighted by Gasteiger charge is -2.13. The van der Waals surface area contributed by atoms with Crippen LogP contribution in [0.1, 0.15) is 12.5 Å². The van der Waals surface area contributed by atoms with E-state index in [1.807, 2.05) is 0 Å². The molecule has 0 aliphatic carbocycles. The summed E-state index contributed by atoms with van der Waals surface area (Å²) in [4.78, 5) is 21.6. The summed E-state index contributed by atoms with van der Waals surface area (Å²) in [6.07, 6.45) is -0.110. The molecule has 0 heterocycles. The summed E-state index contributed by atoms with van der Waals surface area (Å²) < 4.78 is 4.72. The van der Waals surface area contributed by atoms with E-state index in [-0.39, 0.29) is 39.5 Å². The molecule has 0 fully saturated rings. The maximum atomic E-state index is 11.4. The Morgan fingerprint density at radius 2 is 2.30 bits per heavy atom. The van der Waals surface area contributed by atoms with Crippen molar-refractivity contribution < 1.29 is 19.6 Å². The Bertz CT molecular complexity index is 552. The second kappa shape index (κ2) is 6.87. The number of nitro groups is 1. The predicted molar refractivity (Wildman–Crippen MR) is 75.8 cm³/mol. The highest BCUT2D eigenvalue weighted by Crippen LogP contribution is 2.41. The minimum Gasteiger partial charge on any atom is -0.506 e. The lowest BCUT2D eigenvalue weighted by molar-refractivity contribution is -0.384. The molecule has 20 heavy (non-hydrogen) atoms. The molecule has 0 aromatic heterocycles. The van der Waals surface area contributed by atoms with Crippen LogP contribution < -0.4 is 5.73 Å². The Balaban J connectivity index is 3.13. The molecule has 0 amide bonds. The summed E-state index contributed by atoms with van der Waals surface area (Å²) in [5, 5.41) is 20.5. The quantitative estimate of drug-likeness (QED) is 0.468. The topological polar surface area (TPSA) is 116 Å². The molecule has 1 atom stereocenters. The zero-order valence-electron chi connectivity index (χ0n) is 10.4. The van der Waals surface area contributed by atoms with Crippen molar-refractivity contribution in [2.45, 2.75) is 19.4 Å². The number of phenolic OH excluding ortho intramolecular Hbond substituents is 1. The highest BCUT2D eigenvalue weighted by atomic mass is 79.9. The Hall–Kier alpha value is -1.38. The van der Waals surface area contributed by atoms with Gasteiger partial charge in [-0.05, 0) is 22.9 Å². The predicted octanol–water partition coefficient (Wildman–Crippen LogP) is 2.15. The number of carbonyl (C=O) groups is 1. The first-order valence-electron chi connectivity index (χ1n) is 5.56. The fourth-order valence-corrected chi connectivity index (χ4v) is 2.18. The van der Waals surface area contributed by atoms with Gasteiger partial charge in [0.15, 0.2) is 0 Å². The largest absolute Gasteiger partial charge is 0.506 e. The van der Waals surface area contributed by atoms with Crippen molar-refractivity contribution in [3.63, 3.8) is 0 Å². The van der Waals surface area contributed by atoms with E-state index in [2.05, 4.69) is 15.9 Å². The molecule has 3 N–H and O–H groups in total. The number of nitro benzene ring substituents is 1. The molecule has 0 aliphatic heterocycles. The summed E-state index contributed by atoms with van der Waals surface area (Å²) in [5.74, 6) is -0.944. The molecule has 9 heteroatoms. The van der Waals surface area contributed by atoms with Crippen LogP contribution in [0.3, 0.4) is 0 Å². The maximum Gasteiger partial charge on any atom is 0.323 e. The van der Waals surface area contributed by atoms with Crippen LogP contribution in [-0.4, -0.2) is 28.6 Å². The molecule has 0 aliphatic rings. The van der Waals surface area contributed by atoms with E-state index in [1.54, 1.807) is 6.92 Å². The summed E-state index contributed by atoms with van der Waals surface area (Å²) in [6, 6.07) is 0.0511. The summed E-state index contributed by atoms with van der Waals surface area (Å²) in [5.41, 5.74) is 5.36. The van der Waals surface area contributed by atoms with E-state index >= 15 is 0 Å². The number of nitrogens with zero attached hydrogens (tertiary/aromatic N) is 1. The Labute approximate surface area is 127 Å². The normalized spacial score (nSPS) is 12.0. The van der Waals surface area contributed by atoms with Crippen LogP contribution >= 0.6 is 27.5 Å². The molecule has 1 aromatic carbocycles. The van der Waals surface area contributed by atoms with Crippen molar-refractivity contribution in [2.75, 3.05) is 6.61 Å². The lowest BCUT2D eigenvalue weighted by Crippen LogP contribution is -2.34. The van der Waals surface area contributed by atoms with Gasteiger partial charge in [0, 0.05) is 18.1 Å². The van der Waals surface area contributed by atoms with E-state index in [0.29, 0.717) is 0 Å². The van der Waals surface area contributed by atoms with Gasteiger partial charge in [0.2, 0.25) is 0 Å². The first-order valence-corrected chi connectivity index (χ1v) is 6.73. The van der Waals surface area contributed by atoms with Crippen molar-refractivity contribution in [1.29, 1.82) is 0 Å². The minimum atomic E-state index is -1.03. The number of ether oxygens (including phenoxy) is 1. The van der Waals surface area contributed by atoms with Crippen LogP contribution in [0, 0.1) is 10.1 Å². The highest BCUT2D eigenvalue weighted by Gasteiger charge is 2.25. The third-order valence-corrected chi connectivity index (χ3v) is 3.85. The van der Waals surface area contributed by atoms with E-state index in [0.717, 1.165) is 6.07 Å². The highest BCUT2D eigenvalue weighted by molar-refractivity contribution is 9.10. The summed E-state index contributed by atoms with van der Waals surface area (Å²) in [6.45, 7) is 1.80. The van der Waals surface area contributed by atoms with Crippen LogP contribution in [0.5, 0.6) is 5.75 Å². The minimum absolute atomic E-state index is 0.0144. The Kier molecular flexibility index (Phi) is 5.73. The van der Waals surface area contributed by atoms with Gasteiger partial charge in [0.1, 0.15) is 16.8 Å². The Morgan fingerprint density at radius 1 is 1.70 bits per heavy atom. The van der Waals surface area contributed by atoms with E-state index in [4.69, 9.17) is 22.1 Å². The number of nitrogens with two attached hydrogens (primary N) is 1. The van der Waals surface area contributed by atoms with Crippen molar-refractivity contribution >= 4 is 39.2 Å². The first kappa shape index (κ1) is 16.7. The third-order valence-electron chi connectivity index (χ3n) is 2.47. The standard InChI is InChI=1S/C11H12BrClN2O5/c1-2-20-11(17)6(14)3-5-4-7(15(18)19)9(13)8(12)10(5)16/h4,6,16H,2-3,14H2,1H3. The van der Waals surface area contributed by atoms with Crippen LogP contribution in [-0.2, 0) is 16.0 Å². The van der Waals surface area contributed by atoms with Gasteiger partial charge >= 0.3 is 5.97 Å². The van der Waals surface area contributed by atoms with E-state index < -0.39 is 16.9 Å². The Morgan fingerprint density at radius 3 is 2.80 bits per heavy atom. The van der Waals surface area contributed by atoms with Crippen LogP contribution in [0.2, 0.25) is 5.02 Å². The van der Waals surface area contributed by atoms with Crippen LogP contribution in [0.25, 0.3) is 0 Å². The van der Waals surface area contributed by atoms with Crippen molar-refractivity contribution in [1.82, 2.24) is 0 Å². The number of esters is 1. The lowest BCUT2D eigenvalue weighted by atomic mass is 10.0. The van der Waals surface area contributed by atoms with Gasteiger partial charge < -0.3 is 15.6 Å². The van der Waals surface area contributed by atoms with Crippen molar-refractivity contribution in [3.8, 4) is 5.75 Å². The average molecular weight is 368 g/mol. The third kappa shape index (κ3) is 3.59. The molecule has 0 spiro atoms. The summed E-state index contributed by atoms with van der Waals surface area (Å²) in [7, 11) is 0. The monoisotopic (exact) mass is 366 g/mol. The van der Waals surface area contributed by atoms with Gasteiger partial charge in [-0.2, -0.15) is 0 Å². The first-order chi connectivity index (χ1) is 9.29. The smallest absolute Gasteiger partial charge is 0.323 e. The SMILES string of the molecule is CCOC(=O)C(N)Cc1cc([N+](=O)[O-])c(Cl)c(Br)c1O. The van der Waals surface area contributed by atoms with E-state index in [9.17, 15) is 20.0 Å². The van der Waals surface area contributed by atoms with E-state index in [1.165, 1.54) is 0 Å². The fourth-order valence-electron chi connectivity index (χ4n) is 1.51. The number of rotatable bonds is 5. The number of halogens is 2. The number of hydrogen-bond donors (Lipinski definition) is 2. The molecule has 1 aromatic rings. The van der Waals surface area contributed by atoms with Crippen molar-refractivity contribution in [2.24, 2.45) is 5.73 Å². The van der Waals surface area contributed by atoms with Crippen LogP contribution in [0.15, 0.2) is 10.5 Å². The molecule has 110 valence electrons. The van der Waals surface area contributed by atoms with Crippen molar-refractivity contribution in [3.05, 3.63) is 31.2 Å². The number of aromatic hydroxyl groups is 1. The number of benzene rings is 1. The van der Waals surface area contributed by atoms with Gasteiger partial charge in [-0.25, -0.2) is 0 Å². The molecule has 0 saturated heterocycles. The van der Waals surface area contributed by atoms with Gasteiger partial charge in [-0.3, -0.25) is 14.9 Å². The summed E-state index contributed by atoms with van der Waals surface area (Å²) >= 11 is 8.71. The number of hydrogen-bond acceptors (Lipinski definition) is 6. The maximum absolute atomic E-state index is 11.4. The second-order valence-electron chi connectivity index (χ2n) is 3.85. The number of phenols is 1. The van der Waals surface area contributed by atoms with Gasteiger partial charge in [0.25, 0.3) is 5.69 Å². The van der Waals surface area contributed by atoms with Crippen LogP contribution in [0.4, 0.5) is 5.69 Å². The zero-order chi connectivity index (χ0) is 15.4. The molecule has 0 bridgehead atoms. The zero-order valence-corrected chi connectivity index (χ0v) is 12.8. The van der Waals surface area contributed by atoms with Gasteiger partial charge in [-0.1, -0.05) is 11.6 Å².